The van der Waals surface area contributed by atoms with Crippen LogP contribution < -0.4 is 4.74 Å². The molecule has 0 spiro atoms. The van der Waals surface area contributed by atoms with Gasteiger partial charge in [-0.2, -0.15) is 13.2 Å². The van der Waals surface area contributed by atoms with Crippen LogP contribution in [0.3, 0.4) is 0 Å². The van der Waals surface area contributed by atoms with E-state index in [9.17, 15) is 18.3 Å². The molecule has 1 heterocycles. The van der Waals surface area contributed by atoms with Crippen LogP contribution in [0.4, 0.5) is 13.2 Å². The summed E-state index contributed by atoms with van der Waals surface area (Å²) in [6.45, 7) is 1.08. The zero-order valence-corrected chi connectivity index (χ0v) is 13.8. The smallest absolute Gasteiger partial charge is 0.393 e. The van der Waals surface area contributed by atoms with Crippen molar-refractivity contribution in [3.05, 3.63) is 29.8 Å². The minimum Gasteiger partial charge on any atom is -0.496 e. The van der Waals surface area contributed by atoms with Crippen molar-refractivity contribution < 1.29 is 27.8 Å². The molecule has 0 radical (unpaired) electrons. The first-order valence-electron chi connectivity index (χ1n) is 8.07. The van der Waals surface area contributed by atoms with Crippen molar-refractivity contribution in [3.8, 4) is 5.75 Å². The molecule has 1 aliphatic rings. The summed E-state index contributed by atoms with van der Waals surface area (Å²) in [4.78, 5) is 1.67. The van der Waals surface area contributed by atoms with Gasteiger partial charge >= 0.3 is 6.18 Å². The maximum Gasteiger partial charge on any atom is 0.393 e. The van der Waals surface area contributed by atoms with Gasteiger partial charge in [-0.3, -0.25) is 0 Å². The second-order valence-electron chi connectivity index (χ2n) is 6.12. The molecule has 1 aliphatic heterocycles. The number of hydrogen-bond acceptors (Lipinski definition) is 4. The Morgan fingerprint density at radius 3 is 2.79 bits per heavy atom. The van der Waals surface area contributed by atoms with Gasteiger partial charge < -0.3 is 19.5 Å². The number of benzene rings is 1. The predicted octanol–water partition coefficient (Wildman–Crippen LogP) is 2.85. The Bertz CT molecular complexity index is 510. The number of aliphatic hydroxyl groups is 1. The molecule has 1 aromatic carbocycles. The first-order valence-corrected chi connectivity index (χ1v) is 8.07. The third kappa shape index (κ3) is 5.65. The number of β-amino-alcohol motifs (C(OH)–C–C–N with tert-alkyl or cyclic N) is 1. The summed E-state index contributed by atoms with van der Waals surface area (Å²) in [6.07, 6.45) is -4.31. The molecule has 24 heavy (non-hydrogen) atoms. The molecule has 0 aromatic heterocycles. The standard InChI is InChI=1S/C17H24F3NO3/c1-23-16-7-3-2-5-13(16)11-24-12-15(22)10-21-8-4-6-14(9-21)17(18,19)20/h2-3,5,7,14-15,22H,4,6,8-12H2,1H3/t14-,15+/m1/s1. The fourth-order valence-corrected chi connectivity index (χ4v) is 2.97. The Morgan fingerprint density at radius 2 is 2.08 bits per heavy atom. The molecule has 1 fully saturated rings. The third-order valence-corrected chi connectivity index (χ3v) is 4.20. The maximum atomic E-state index is 12.8. The number of nitrogens with zero attached hydrogens (tertiary/aromatic N) is 1. The van der Waals surface area contributed by atoms with Gasteiger partial charge in [0.15, 0.2) is 0 Å². The molecule has 0 amide bonds. The first kappa shape index (κ1) is 19.0. The van der Waals surface area contributed by atoms with Crippen molar-refractivity contribution in [1.29, 1.82) is 0 Å². The van der Waals surface area contributed by atoms with Crippen LogP contribution in [-0.4, -0.2) is 55.6 Å². The predicted molar refractivity (Wildman–Crippen MR) is 83.9 cm³/mol. The normalized spacial score (nSPS) is 20.8. The lowest BCUT2D eigenvalue weighted by atomic mass is 9.97. The third-order valence-electron chi connectivity index (χ3n) is 4.20. The van der Waals surface area contributed by atoms with Crippen molar-refractivity contribution in [1.82, 2.24) is 4.90 Å². The zero-order chi connectivity index (χ0) is 17.6. The molecule has 1 saturated heterocycles. The van der Waals surface area contributed by atoms with E-state index in [0.29, 0.717) is 18.7 Å². The number of halogens is 3. The van der Waals surface area contributed by atoms with Crippen LogP contribution in [0, 0.1) is 5.92 Å². The molecular weight excluding hydrogens is 323 g/mol. The molecular formula is C17H24F3NO3. The molecule has 0 bridgehead atoms. The highest BCUT2D eigenvalue weighted by atomic mass is 19.4. The number of rotatable bonds is 7. The van der Waals surface area contributed by atoms with E-state index in [-0.39, 0.29) is 32.7 Å². The molecule has 2 atom stereocenters. The van der Waals surface area contributed by atoms with Crippen LogP contribution in [0.5, 0.6) is 5.75 Å². The van der Waals surface area contributed by atoms with E-state index in [1.807, 2.05) is 24.3 Å². The SMILES string of the molecule is COc1ccccc1COC[C@@H](O)CN1CCC[C@@H](C(F)(F)F)C1. The summed E-state index contributed by atoms with van der Waals surface area (Å²) in [5.41, 5.74) is 0.863. The molecule has 136 valence electrons. The van der Waals surface area contributed by atoms with E-state index in [0.717, 1.165) is 5.56 Å². The molecule has 7 heteroatoms. The van der Waals surface area contributed by atoms with Crippen molar-refractivity contribution in [3.63, 3.8) is 0 Å². The molecule has 1 N–H and O–H groups in total. The number of alkyl halides is 3. The first-order chi connectivity index (χ1) is 11.4. The largest absolute Gasteiger partial charge is 0.496 e. The van der Waals surface area contributed by atoms with Gasteiger partial charge in [0, 0.05) is 18.7 Å². The summed E-state index contributed by atoms with van der Waals surface area (Å²) < 4.78 is 49.1. The summed E-state index contributed by atoms with van der Waals surface area (Å²) in [7, 11) is 1.57. The monoisotopic (exact) mass is 347 g/mol. The minimum absolute atomic E-state index is 0.0485. The van der Waals surface area contributed by atoms with Gasteiger partial charge in [-0.15, -0.1) is 0 Å². The highest BCUT2D eigenvalue weighted by Crippen LogP contribution is 2.33. The van der Waals surface area contributed by atoms with E-state index in [4.69, 9.17) is 9.47 Å². The van der Waals surface area contributed by atoms with Gasteiger partial charge in [0.05, 0.1) is 32.3 Å². The average molecular weight is 347 g/mol. The summed E-state index contributed by atoms with van der Waals surface area (Å²) in [6, 6.07) is 7.40. The molecule has 0 unspecified atom stereocenters. The lowest BCUT2D eigenvalue weighted by molar-refractivity contribution is -0.187. The fraction of sp³-hybridized carbons (Fsp3) is 0.647. The van der Waals surface area contributed by atoms with Crippen molar-refractivity contribution in [2.24, 2.45) is 5.92 Å². The van der Waals surface area contributed by atoms with Crippen LogP contribution >= 0.6 is 0 Å². The van der Waals surface area contributed by atoms with Crippen molar-refractivity contribution >= 4 is 0 Å². The Kier molecular flexibility index (Phi) is 6.89. The molecule has 0 saturated carbocycles. The van der Waals surface area contributed by atoms with Gasteiger partial charge in [-0.25, -0.2) is 0 Å². The Labute approximate surface area is 140 Å². The topological polar surface area (TPSA) is 41.9 Å². The van der Waals surface area contributed by atoms with Gasteiger partial charge in [0.25, 0.3) is 0 Å². The lowest BCUT2D eigenvalue weighted by Gasteiger charge is -2.34. The lowest BCUT2D eigenvalue weighted by Crippen LogP contribution is -2.45. The number of likely N-dealkylation sites (tertiary alicyclic amines) is 1. The van der Waals surface area contributed by atoms with Gasteiger partial charge in [-0.1, -0.05) is 18.2 Å². The number of para-hydroxylation sites is 1. The number of ether oxygens (including phenoxy) is 2. The van der Waals surface area contributed by atoms with E-state index in [1.54, 1.807) is 12.0 Å². The fourth-order valence-electron chi connectivity index (χ4n) is 2.97. The highest BCUT2D eigenvalue weighted by molar-refractivity contribution is 5.32. The van der Waals surface area contributed by atoms with Crippen molar-refractivity contribution in [2.45, 2.75) is 31.7 Å². The average Bonchev–Trinajstić information content (AvgIpc) is 2.55. The Balaban J connectivity index is 1.74. The number of hydrogen-bond donors (Lipinski definition) is 1. The maximum absolute atomic E-state index is 12.8. The number of methoxy groups -OCH3 is 1. The zero-order valence-electron chi connectivity index (χ0n) is 13.8. The molecule has 4 nitrogen and oxygen atoms in total. The van der Waals surface area contributed by atoms with Gasteiger partial charge in [0.2, 0.25) is 0 Å². The number of piperidine rings is 1. The van der Waals surface area contributed by atoms with Crippen LogP contribution in [-0.2, 0) is 11.3 Å². The summed E-state index contributed by atoms with van der Waals surface area (Å²) in [5, 5.41) is 10.0. The molecule has 0 aliphatic carbocycles. The second-order valence-corrected chi connectivity index (χ2v) is 6.12. The van der Waals surface area contributed by atoms with Gasteiger partial charge in [-0.05, 0) is 25.5 Å². The van der Waals surface area contributed by atoms with E-state index < -0.39 is 18.2 Å². The molecule has 1 aromatic rings. The second kappa shape index (κ2) is 8.69. The van der Waals surface area contributed by atoms with E-state index in [1.165, 1.54) is 0 Å². The molecule has 2 rings (SSSR count). The summed E-state index contributed by atoms with van der Waals surface area (Å²) >= 11 is 0. The highest BCUT2D eigenvalue weighted by Gasteiger charge is 2.41. The van der Waals surface area contributed by atoms with Crippen LogP contribution in [0.2, 0.25) is 0 Å². The van der Waals surface area contributed by atoms with Gasteiger partial charge in [0.1, 0.15) is 5.75 Å². The summed E-state index contributed by atoms with van der Waals surface area (Å²) in [5.74, 6) is -0.594. The Morgan fingerprint density at radius 1 is 1.33 bits per heavy atom. The van der Waals surface area contributed by atoms with Crippen LogP contribution in [0.15, 0.2) is 24.3 Å². The van der Waals surface area contributed by atoms with E-state index in [2.05, 4.69) is 0 Å². The van der Waals surface area contributed by atoms with Crippen molar-refractivity contribution in [2.75, 3.05) is 33.4 Å². The van der Waals surface area contributed by atoms with E-state index >= 15 is 0 Å². The number of aliphatic hydroxyl groups excluding tert-OH is 1. The quantitative estimate of drug-likeness (QED) is 0.824. The van der Waals surface area contributed by atoms with Crippen LogP contribution in [0.1, 0.15) is 18.4 Å². The Hall–Kier alpha value is -1.31. The van der Waals surface area contributed by atoms with Crippen LogP contribution in [0.25, 0.3) is 0 Å². The minimum atomic E-state index is -4.16.